The van der Waals surface area contributed by atoms with Crippen molar-refractivity contribution in [3.8, 4) is 0 Å². The van der Waals surface area contributed by atoms with Gasteiger partial charge in [-0.3, -0.25) is 9.59 Å². The van der Waals surface area contributed by atoms with Crippen LogP contribution >= 0.6 is 11.3 Å². The van der Waals surface area contributed by atoms with E-state index in [-0.39, 0.29) is 26.3 Å². The molecule has 0 fully saturated rings. The Balaban J connectivity index is 1.98. The second-order valence-electron chi connectivity index (χ2n) is 5.85. The predicted octanol–water partition coefficient (Wildman–Crippen LogP) is 2.47. The summed E-state index contributed by atoms with van der Waals surface area (Å²) in [5.41, 5.74) is 4.23. The molecule has 0 spiro atoms. The lowest BCUT2D eigenvalue weighted by Crippen LogP contribution is -2.21. The predicted molar refractivity (Wildman–Crippen MR) is 95.4 cm³/mol. The highest BCUT2D eigenvalue weighted by molar-refractivity contribution is 7.21. The number of pyridine rings is 1. The molecule has 0 atom stereocenters. The maximum atomic E-state index is 13.0. The first-order valence-electron chi connectivity index (χ1n) is 7.76. The van der Waals surface area contributed by atoms with Gasteiger partial charge >= 0.3 is 12.0 Å². The molecular formula is C15H11F3N6O4S. The maximum absolute atomic E-state index is 13.0. The molecule has 0 saturated heterocycles. The third-order valence-electron chi connectivity index (χ3n) is 3.76. The van der Waals surface area contributed by atoms with E-state index in [1.54, 1.807) is 0 Å². The van der Waals surface area contributed by atoms with Crippen molar-refractivity contribution < 1.29 is 27.7 Å². The summed E-state index contributed by atoms with van der Waals surface area (Å²) in [5, 5.41) is 16.8. The van der Waals surface area contributed by atoms with Crippen molar-refractivity contribution in [3.63, 3.8) is 0 Å². The number of hydrogen-bond acceptors (Lipinski definition) is 7. The fraction of sp³-hybridized carbons (Fsp3) is 0.200. The van der Waals surface area contributed by atoms with Gasteiger partial charge in [0, 0.05) is 5.39 Å². The quantitative estimate of drug-likeness (QED) is 0.471. The smallest absolute Gasteiger partial charge is 0.365 e. The van der Waals surface area contributed by atoms with Crippen LogP contribution in [0.25, 0.3) is 10.2 Å². The van der Waals surface area contributed by atoms with Gasteiger partial charge in [0.25, 0.3) is 5.91 Å². The number of fused-ring (bicyclic) bond motifs is 1. The Morgan fingerprint density at radius 1 is 1.41 bits per heavy atom. The molecule has 0 aliphatic rings. The monoisotopic (exact) mass is 428 g/mol. The first-order chi connectivity index (χ1) is 13.5. The number of aromatic nitrogens is 3. The molecule has 0 saturated carbocycles. The van der Waals surface area contributed by atoms with E-state index in [1.807, 2.05) is 0 Å². The number of nitrogens with zero attached hydrogens (tertiary/aromatic N) is 4. The Hall–Kier alpha value is -3.55. The minimum absolute atomic E-state index is 0.0668. The number of carbonyl (C=O) groups is 2. The summed E-state index contributed by atoms with van der Waals surface area (Å²) in [6.45, 7) is 0.944. The summed E-state index contributed by atoms with van der Waals surface area (Å²) in [5.74, 6) is -2.13. The fourth-order valence-electron chi connectivity index (χ4n) is 2.58. The Morgan fingerprint density at radius 3 is 2.66 bits per heavy atom. The van der Waals surface area contributed by atoms with E-state index in [1.165, 1.54) is 13.1 Å². The number of thiophene rings is 1. The summed E-state index contributed by atoms with van der Waals surface area (Å²) >= 11 is 0.621. The van der Waals surface area contributed by atoms with Crippen LogP contribution in [0.5, 0.6) is 0 Å². The topological polar surface area (TPSA) is 146 Å². The van der Waals surface area contributed by atoms with Crippen molar-refractivity contribution in [1.29, 1.82) is 0 Å². The van der Waals surface area contributed by atoms with Crippen molar-refractivity contribution in [2.45, 2.75) is 19.6 Å². The Morgan fingerprint density at radius 2 is 2.10 bits per heavy atom. The van der Waals surface area contributed by atoms with Crippen molar-refractivity contribution in [2.24, 2.45) is 5.73 Å². The second-order valence-corrected chi connectivity index (χ2v) is 6.85. The molecule has 14 heteroatoms. The molecular weight excluding hydrogens is 417 g/mol. The number of nitrogens with one attached hydrogen (secondary N) is 1. The SMILES string of the molecule is Cc1cc(C(F)(F)F)nc2sc(C(N)=O)c(NC(=O)Cn3ccc([N+](=O)[O-])n3)c12. The van der Waals surface area contributed by atoms with Gasteiger partial charge in [-0.2, -0.15) is 17.9 Å². The van der Waals surface area contributed by atoms with Crippen LogP contribution in [0.2, 0.25) is 0 Å². The minimum atomic E-state index is -4.69. The number of carbonyl (C=O) groups excluding carboxylic acids is 2. The number of halogens is 3. The Bertz CT molecular complexity index is 1150. The standard InChI is InChI=1S/C15H11F3N6O4S/c1-6-4-7(15(16,17)18)20-14-10(6)11(12(29-14)13(19)26)21-9(25)5-23-3-2-8(22-23)24(27)28/h2-4H,5H2,1H3,(H2,19,26)(H,21,25). The first kappa shape index (κ1) is 20.2. The van der Waals surface area contributed by atoms with Gasteiger partial charge in [0.05, 0.1) is 23.0 Å². The summed E-state index contributed by atoms with van der Waals surface area (Å²) in [6, 6.07) is 1.89. The summed E-state index contributed by atoms with van der Waals surface area (Å²) in [7, 11) is 0. The van der Waals surface area contributed by atoms with E-state index >= 15 is 0 Å². The van der Waals surface area contributed by atoms with Crippen LogP contribution < -0.4 is 11.1 Å². The highest BCUT2D eigenvalue weighted by Gasteiger charge is 2.34. The number of alkyl halides is 3. The average molecular weight is 428 g/mol. The van der Waals surface area contributed by atoms with Crippen molar-refractivity contribution in [2.75, 3.05) is 5.32 Å². The number of nitrogens with two attached hydrogens (primary N) is 1. The normalized spacial score (nSPS) is 11.6. The number of aryl methyl sites for hydroxylation is 1. The number of primary amides is 1. The number of nitro groups is 1. The van der Waals surface area contributed by atoms with Gasteiger partial charge in [-0.05, 0) is 23.5 Å². The molecule has 0 aliphatic carbocycles. The highest BCUT2D eigenvalue weighted by Crippen LogP contribution is 2.39. The van der Waals surface area contributed by atoms with Crippen LogP contribution in [-0.4, -0.2) is 31.5 Å². The van der Waals surface area contributed by atoms with Crippen molar-refractivity contribution in [3.05, 3.63) is 44.6 Å². The largest absolute Gasteiger partial charge is 0.433 e. The van der Waals surface area contributed by atoms with E-state index in [9.17, 15) is 32.9 Å². The zero-order valence-corrected chi connectivity index (χ0v) is 15.3. The van der Waals surface area contributed by atoms with Gasteiger partial charge in [0.2, 0.25) is 5.91 Å². The fourth-order valence-corrected chi connectivity index (χ4v) is 3.64. The number of amides is 2. The van der Waals surface area contributed by atoms with E-state index in [2.05, 4.69) is 15.4 Å². The van der Waals surface area contributed by atoms with Crippen LogP contribution in [0.15, 0.2) is 18.3 Å². The van der Waals surface area contributed by atoms with E-state index in [4.69, 9.17) is 5.73 Å². The lowest BCUT2D eigenvalue weighted by atomic mass is 10.1. The van der Waals surface area contributed by atoms with Crippen LogP contribution in [-0.2, 0) is 17.5 Å². The number of hydrogen-bond donors (Lipinski definition) is 2. The third kappa shape index (κ3) is 4.01. The van der Waals surface area contributed by atoms with Gasteiger partial charge < -0.3 is 21.2 Å². The van der Waals surface area contributed by atoms with Crippen molar-refractivity contribution >= 4 is 44.9 Å². The molecule has 3 N–H and O–H groups in total. The molecule has 0 unspecified atom stereocenters. The molecule has 29 heavy (non-hydrogen) atoms. The van der Waals surface area contributed by atoms with E-state index < -0.39 is 41.0 Å². The zero-order valence-electron chi connectivity index (χ0n) is 14.5. The lowest BCUT2D eigenvalue weighted by molar-refractivity contribution is -0.389. The van der Waals surface area contributed by atoms with Gasteiger partial charge in [-0.15, -0.1) is 11.3 Å². The second kappa shape index (κ2) is 7.12. The number of anilines is 1. The number of rotatable bonds is 5. The Labute approximate surface area is 163 Å². The summed E-state index contributed by atoms with van der Waals surface area (Å²) < 4.78 is 40.0. The molecule has 10 nitrogen and oxygen atoms in total. The minimum Gasteiger partial charge on any atom is -0.365 e. The molecule has 3 heterocycles. The average Bonchev–Trinajstić information content (AvgIpc) is 3.19. The summed E-state index contributed by atoms with van der Waals surface area (Å²) in [4.78, 5) is 37.2. The van der Waals surface area contributed by atoms with Gasteiger partial charge in [0.1, 0.15) is 21.9 Å². The molecule has 3 aromatic heterocycles. The summed E-state index contributed by atoms with van der Waals surface area (Å²) in [6.07, 6.45) is -3.48. The van der Waals surface area contributed by atoms with E-state index in [0.29, 0.717) is 11.3 Å². The molecule has 3 aromatic rings. The first-order valence-corrected chi connectivity index (χ1v) is 8.58. The van der Waals surface area contributed by atoms with Crippen LogP contribution in [0.1, 0.15) is 20.9 Å². The maximum Gasteiger partial charge on any atom is 0.433 e. The molecule has 2 amide bonds. The lowest BCUT2D eigenvalue weighted by Gasteiger charge is -2.09. The van der Waals surface area contributed by atoms with Gasteiger partial charge in [-0.25, -0.2) is 4.98 Å². The van der Waals surface area contributed by atoms with Crippen LogP contribution in [0.4, 0.5) is 24.7 Å². The molecule has 0 aromatic carbocycles. The van der Waals surface area contributed by atoms with Crippen LogP contribution in [0, 0.1) is 17.0 Å². The van der Waals surface area contributed by atoms with Crippen molar-refractivity contribution in [1.82, 2.24) is 14.8 Å². The van der Waals surface area contributed by atoms with Gasteiger partial charge in [0.15, 0.2) is 0 Å². The Kier molecular flexibility index (Phi) is 4.96. The molecule has 3 rings (SSSR count). The molecule has 0 bridgehead atoms. The third-order valence-corrected chi connectivity index (χ3v) is 4.86. The zero-order chi connectivity index (χ0) is 21.5. The molecule has 0 radical (unpaired) electrons. The molecule has 0 aliphatic heterocycles. The van der Waals surface area contributed by atoms with Gasteiger partial charge in [-0.1, -0.05) is 0 Å². The van der Waals surface area contributed by atoms with Crippen LogP contribution in [0.3, 0.4) is 0 Å². The van der Waals surface area contributed by atoms with E-state index in [0.717, 1.165) is 16.8 Å². The highest BCUT2D eigenvalue weighted by atomic mass is 32.1. The molecule has 152 valence electrons.